The second kappa shape index (κ2) is 7.60. The summed E-state index contributed by atoms with van der Waals surface area (Å²) < 4.78 is 17.9. The van der Waals surface area contributed by atoms with Crippen LogP contribution in [0.25, 0.3) is 0 Å². The van der Waals surface area contributed by atoms with Crippen LogP contribution < -0.4 is 11.1 Å². The van der Waals surface area contributed by atoms with E-state index in [4.69, 9.17) is 10.5 Å². The van der Waals surface area contributed by atoms with Crippen molar-refractivity contribution in [3.05, 3.63) is 28.5 Å². The number of rotatable bonds is 4. The van der Waals surface area contributed by atoms with Gasteiger partial charge in [0.05, 0.1) is 11.1 Å². The van der Waals surface area contributed by atoms with E-state index >= 15 is 0 Å². The number of carbonyl (C=O) groups is 1. The van der Waals surface area contributed by atoms with Gasteiger partial charge in [0.15, 0.2) is 0 Å². The van der Waals surface area contributed by atoms with Gasteiger partial charge in [0.25, 0.3) is 0 Å². The molecular formula is C10H13BrClFN2O2. The topological polar surface area (TPSA) is 64.3 Å². The molecule has 1 unspecified atom stereocenters. The SMILES string of the molecule is COCC(N)C(=O)Nc1ccc(F)c(Br)c1.Cl. The van der Waals surface area contributed by atoms with Crippen LogP contribution in [0.5, 0.6) is 0 Å². The van der Waals surface area contributed by atoms with E-state index in [-0.39, 0.29) is 35.2 Å². The lowest BCUT2D eigenvalue weighted by Gasteiger charge is -2.11. The van der Waals surface area contributed by atoms with Gasteiger partial charge in [-0.2, -0.15) is 0 Å². The molecule has 4 nitrogen and oxygen atoms in total. The summed E-state index contributed by atoms with van der Waals surface area (Å²) in [5, 5.41) is 2.55. The molecule has 0 aliphatic rings. The lowest BCUT2D eigenvalue weighted by Crippen LogP contribution is -2.39. The summed E-state index contributed by atoms with van der Waals surface area (Å²) in [5.74, 6) is -0.764. The fraction of sp³-hybridized carbons (Fsp3) is 0.300. The Morgan fingerprint density at radius 2 is 2.29 bits per heavy atom. The average molecular weight is 328 g/mol. The van der Waals surface area contributed by atoms with Gasteiger partial charge in [-0.1, -0.05) is 0 Å². The zero-order valence-electron chi connectivity index (χ0n) is 9.07. The predicted molar refractivity (Wildman–Crippen MR) is 69.8 cm³/mol. The molecule has 17 heavy (non-hydrogen) atoms. The summed E-state index contributed by atoms with van der Waals surface area (Å²) in [6.07, 6.45) is 0. The molecule has 1 aromatic carbocycles. The van der Waals surface area contributed by atoms with E-state index in [9.17, 15) is 9.18 Å². The van der Waals surface area contributed by atoms with Crippen LogP contribution in [0.15, 0.2) is 22.7 Å². The number of ether oxygens (including phenoxy) is 1. The number of methoxy groups -OCH3 is 1. The molecule has 1 aromatic rings. The fourth-order valence-corrected chi connectivity index (χ4v) is 1.44. The van der Waals surface area contributed by atoms with E-state index in [0.717, 1.165) is 0 Å². The maximum absolute atomic E-state index is 12.9. The molecule has 0 saturated carbocycles. The van der Waals surface area contributed by atoms with E-state index in [1.54, 1.807) is 0 Å². The minimum atomic E-state index is -0.742. The van der Waals surface area contributed by atoms with E-state index in [2.05, 4.69) is 21.2 Å². The van der Waals surface area contributed by atoms with E-state index < -0.39 is 6.04 Å². The number of nitrogens with one attached hydrogen (secondary N) is 1. The zero-order valence-corrected chi connectivity index (χ0v) is 11.5. The van der Waals surface area contributed by atoms with Crippen molar-refractivity contribution in [1.29, 1.82) is 0 Å². The van der Waals surface area contributed by atoms with Gasteiger partial charge in [-0.05, 0) is 34.1 Å². The maximum atomic E-state index is 12.9. The monoisotopic (exact) mass is 326 g/mol. The van der Waals surface area contributed by atoms with Crippen molar-refractivity contribution >= 4 is 39.9 Å². The molecule has 0 radical (unpaired) electrons. The number of nitrogens with two attached hydrogens (primary N) is 1. The molecule has 0 heterocycles. The largest absolute Gasteiger partial charge is 0.383 e. The lowest BCUT2D eigenvalue weighted by atomic mass is 10.2. The predicted octanol–water partition coefficient (Wildman–Crippen LogP) is 1.92. The molecule has 3 N–H and O–H groups in total. The van der Waals surface area contributed by atoms with Crippen molar-refractivity contribution in [3.63, 3.8) is 0 Å². The highest BCUT2D eigenvalue weighted by molar-refractivity contribution is 9.10. The van der Waals surface area contributed by atoms with Crippen LogP contribution in [0.4, 0.5) is 10.1 Å². The molecule has 7 heteroatoms. The summed E-state index contributed by atoms with van der Waals surface area (Å²) in [7, 11) is 1.46. The first-order valence-electron chi connectivity index (χ1n) is 4.55. The van der Waals surface area contributed by atoms with Crippen molar-refractivity contribution in [2.24, 2.45) is 5.73 Å². The standard InChI is InChI=1S/C10H12BrFN2O2.ClH/c1-16-5-9(13)10(15)14-6-2-3-8(12)7(11)4-6;/h2-4,9H,5,13H2,1H3,(H,14,15);1H. The van der Waals surface area contributed by atoms with Crippen LogP contribution >= 0.6 is 28.3 Å². The van der Waals surface area contributed by atoms with Crippen LogP contribution in [0.3, 0.4) is 0 Å². The van der Waals surface area contributed by atoms with Crippen molar-refractivity contribution in [2.45, 2.75) is 6.04 Å². The maximum Gasteiger partial charge on any atom is 0.243 e. The molecule has 96 valence electrons. The second-order valence-electron chi connectivity index (χ2n) is 3.18. The average Bonchev–Trinajstić information content (AvgIpc) is 2.24. The number of anilines is 1. The summed E-state index contributed by atoms with van der Waals surface area (Å²) in [5.41, 5.74) is 6.00. The van der Waals surface area contributed by atoms with Crippen LogP contribution in [-0.4, -0.2) is 25.7 Å². The molecule has 1 atom stereocenters. The first-order chi connectivity index (χ1) is 7.54. The molecule has 1 amide bonds. The van der Waals surface area contributed by atoms with Crippen LogP contribution in [-0.2, 0) is 9.53 Å². The third-order valence-corrected chi connectivity index (χ3v) is 2.48. The Morgan fingerprint density at radius 1 is 1.65 bits per heavy atom. The van der Waals surface area contributed by atoms with Gasteiger partial charge in [0.2, 0.25) is 5.91 Å². The first-order valence-corrected chi connectivity index (χ1v) is 5.34. The Morgan fingerprint density at radius 3 is 2.82 bits per heavy atom. The molecule has 0 aliphatic heterocycles. The molecule has 1 rings (SSSR count). The van der Waals surface area contributed by atoms with Crippen molar-refractivity contribution < 1.29 is 13.9 Å². The summed E-state index contributed by atoms with van der Waals surface area (Å²) in [6, 6.07) is 3.43. The molecule has 0 fully saturated rings. The molecule has 0 bridgehead atoms. The van der Waals surface area contributed by atoms with Gasteiger partial charge in [0.1, 0.15) is 11.9 Å². The third-order valence-electron chi connectivity index (χ3n) is 1.87. The van der Waals surface area contributed by atoms with Crippen molar-refractivity contribution in [1.82, 2.24) is 0 Å². The minimum Gasteiger partial charge on any atom is -0.383 e. The van der Waals surface area contributed by atoms with E-state index in [1.807, 2.05) is 0 Å². The Labute approximate surface area is 113 Å². The van der Waals surface area contributed by atoms with Gasteiger partial charge in [-0.3, -0.25) is 4.79 Å². The molecule has 0 aromatic heterocycles. The van der Waals surface area contributed by atoms with Crippen molar-refractivity contribution in [2.75, 3.05) is 19.0 Å². The second-order valence-corrected chi connectivity index (χ2v) is 4.03. The van der Waals surface area contributed by atoms with Crippen LogP contribution in [0.2, 0.25) is 0 Å². The lowest BCUT2D eigenvalue weighted by molar-refractivity contribution is -0.118. The number of amides is 1. The highest BCUT2D eigenvalue weighted by atomic mass is 79.9. The summed E-state index contributed by atoms with van der Waals surface area (Å²) in [4.78, 5) is 11.5. The number of halogens is 3. The molecule has 0 saturated heterocycles. The minimum absolute atomic E-state index is 0. The fourth-order valence-electron chi connectivity index (χ4n) is 1.06. The van der Waals surface area contributed by atoms with Gasteiger partial charge in [0, 0.05) is 12.8 Å². The highest BCUT2D eigenvalue weighted by Crippen LogP contribution is 2.19. The van der Waals surface area contributed by atoms with Gasteiger partial charge in [-0.15, -0.1) is 12.4 Å². The summed E-state index contributed by atoms with van der Waals surface area (Å²) in [6.45, 7) is 0.133. The number of hydrogen-bond donors (Lipinski definition) is 2. The number of benzene rings is 1. The Kier molecular flexibility index (Phi) is 7.29. The molecule has 0 aliphatic carbocycles. The first kappa shape index (κ1) is 16.3. The quantitative estimate of drug-likeness (QED) is 0.888. The van der Waals surface area contributed by atoms with E-state index in [0.29, 0.717) is 5.69 Å². The van der Waals surface area contributed by atoms with Crippen molar-refractivity contribution in [3.8, 4) is 0 Å². The number of carbonyl (C=O) groups excluding carboxylic acids is 1. The highest BCUT2D eigenvalue weighted by Gasteiger charge is 2.13. The van der Waals surface area contributed by atoms with Crippen LogP contribution in [0.1, 0.15) is 0 Å². The molecule has 0 spiro atoms. The van der Waals surface area contributed by atoms with Gasteiger partial charge >= 0.3 is 0 Å². The normalized spacial score (nSPS) is 11.5. The number of hydrogen-bond acceptors (Lipinski definition) is 3. The smallest absolute Gasteiger partial charge is 0.243 e. The van der Waals surface area contributed by atoms with Crippen LogP contribution in [0, 0.1) is 5.82 Å². The molecular weight excluding hydrogens is 314 g/mol. The summed E-state index contributed by atoms with van der Waals surface area (Å²) >= 11 is 3.02. The third kappa shape index (κ3) is 4.99. The van der Waals surface area contributed by atoms with Gasteiger partial charge < -0.3 is 15.8 Å². The zero-order chi connectivity index (χ0) is 12.1. The van der Waals surface area contributed by atoms with Gasteiger partial charge in [-0.25, -0.2) is 4.39 Å². The Hall–Kier alpha value is -0.690. The Bertz CT molecular complexity index is 393. The Balaban J connectivity index is 0.00000256. The van der Waals surface area contributed by atoms with E-state index in [1.165, 1.54) is 25.3 Å².